The van der Waals surface area contributed by atoms with Gasteiger partial charge in [-0.25, -0.2) is 12.7 Å². The third kappa shape index (κ3) is 3.06. The fourth-order valence-corrected chi connectivity index (χ4v) is 3.04. The Balaban J connectivity index is 2.15. The van der Waals surface area contributed by atoms with Gasteiger partial charge in [0.15, 0.2) is 0 Å². The maximum absolute atomic E-state index is 11.9. The molecule has 0 saturated heterocycles. The highest BCUT2D eigenvalue weighted by Gasteiger charge is 2.16. The highest BCUT2D eigenvalue weighted by molar-refractivity contribution is 7.89. The van der Waals surface area contributed by atoms with Crippen LogP contribution in [0.25, 0.3) is 0 Å². The van der Waals surface area contributed by atoms with Crippen molar-refractivity contribution in [1.29, 1.82) is 0 Å². The van der Waals surface area contributed by atoms with Gasteiger partial charge >= 0.3 is 0 Å². The highest BCUT2D eigenvalue weighted by atomic mass is 32.2. The van der Waals surface area contributed by atoms with Crippen LogP contribution in [0.5, 0.6) is 0 Å². The zero-order chi connectivity index (χ0) is 14.8. The molecule has 0 unspecified atom stereocenters. The first-order valence-corrected chi connectivity index (χ1v) is 8.10. The number of carbonyl (C=O) groups is 1. The third-order valence-corrected chi connectivity index (χ3v) is 5.33. The Morgan fingerprint density at radius 3 is 2.30 bits per heavy atom. The molecule has 0 atom stereocenters. The van der Waals surface area contributed by atoms with E-state index in [2.05, 4.69) is 5.32 Å². The van der Waals surface area contributed by atoms with Crippen LogP contribution in [-0.2, 0) is 10.0 Å². The summed E-state index contributed by atoms with van der Waals surface area (Å²) in [5.74, 6) is -0.205. The molecule has 1 heterocycles. The Morgan fingerprint density at radius 2 is 1.80 bits per heavy atom. The lowest BCUT2D eigenvalue weighted by Gasteiger charge is -2.11. The second kappa shape index (κ2) is 5.74. The molecule has 0 spiro atoms. The van der Waals surface area contributed by atoms with Gasteiger partial charge in [-0.05, 0) is 35.7 Å². The number of nitrogens with one attached hydrogen (secondary N) is 1. The lowest BCUT2D eigenvalue weighted by atomic mass is 10.3. The van der Waals surface area contributed by atoms with E-state index >= 15 is 0 Å². The molecule has 1 N–H and O–H groups in total. The van der Waals surface area contributed by atoms with Crippen molar-refractivity contribution in [3.8, 4) is 0 Å². The molecule has 1 amide bonds. The number of benzene rings is 1. The third-order valence-electron chi connectivity index (χ3n) is 2.64. The maximum Gasteiger partial charge on any atom is 0.265 e. The summed E-state index contributed by atoms with van der Waals surface area (Å²) in [7, 11) is -0.495. The van der Waals surface area contributed by atoms with Crippen molar-refractivity contribution < 1.29 is 13.2 Å². The van der Waals surface area contributed by atoms with Crippen molar-refractivity contribution >= 4 is 33.0 Å². The van der Waals surface area contributed by atoms with Gasteiger partial charge in [-0.1, -0.05) is 6.07 Å². The van der Waals surface area contributed by atoms with Gasteiger partial charge in [0.2, 0.25) is 10.0 Å². The van der Waals surface area contributed by atoms with Gasteiger partial charge in [0, 0.05) is 19.8 Å². The van der Waals surface area contributed by atoms with Crippen LogP contribution in [0.2, 0.25) is 0 Å². The van der Waals surface area contributed by atoms with Gasteiger partial charge in [0.05, 0.1) is 9.77 Å². The first-order valence-electron chi connectivity index (χ1n) is 5.79. The van der Waals surface area contributed by atoms with Crippen LogP contribution in [0.3, 0.4) is 0 Å². The number of carbonyl (C=O) groups excluding carboxylic acids is 1. The van der Waals surface area contributed by atoms with Crippen molar-refractivity contribution in [2.45, 2.75) is 4.90 Å². The minimum Gasteiger partial charge on any atom is -0.321 e. The zero-order valence-electron chi connectivity index (χ0n) is 11.0. The van der Waals surface area contributed by atoms with E-state index in [1.54, 1.807) is 24.3 Å². The van der Waals surface area contributed by atoms with Gasteiger partial charge in [-0.2, -0.15) is 0 Å². The number of hydrogen-bond acceptors (Lipinski definition) is 4. The lowest BCUT2D eigenvalue weighted by Crippen LogP contribution is -2.22. The predicted octanol–water partition coefficient (Wildman–Crippen LogP) is 2.25. The molecular weight excluding hydrogens is 296 g/mol. The van der Waals surface area contributed by atoms with E-state index < -0.39 is 10.0 Å². The number of rotatable bonds is 4. The Bertz CT molecular complexity index is 690. The van der Waals surface area contributed by atoms with Crippen molar-refractivity contribution in [1.82, 2.24) is 4.31 Å². The molecule has 1 aromatic heterocycles. The topological polar surface area (TPSA) is 66.5 Å². The van der Waals surface area contributed by atoms with E-state index in [-0.39, 0.29) is 10.8 Å². The molecule has 0 bridgehead atoms. The minimum absolute atomic E-state index is 0.191. The number of hydrogen-bond donors (Lipinski definition) is 1. The van der Waals surface area contributed by atoms with E-state index in [0.717, 1.165) is 4.31 Å². The monoisotopic (exact) mass is 310 g/mol. The number of thiophene rings is 1. The zero-order valence-corrected chi connectivity index (χ0v) is 12.7. The number of sulfonamides is 1. The Labute approximate surface area is 121 Å². The minimum atomic E-state index is -3.44. The second-order valence-electron chi connectivity index (χ2n) is 4.24. The molecule has 0 fully saturated rings. The second-order valence-corrected chi connectivity index (χ2v) is 7.34. The van der Waals surface area contributed by atoms with E-state index in [1.165, 1.54) is 37.6 Å². The Morgan fingerprint density at radius 1 is 1.15 bits per heavy atom. The summed E-state index contributed by atoms with van der Waals surface area (Å²) in [4.78, 5) is 12.6. The van der Waals surface area contributed by atoms with Gasteiger partial charge < -0.3 is 5.32 Å². The van der Waals surface area contributed by atoms with E-state index in [1.807, 2.05) is 5.38 Å². The standard InChI is InChI=1S/C13H14N2O3S2/c1-15(2)20(17,18)11-7-5-10(6-8-11)14-13(16)12-4-3-9-19-12/h3-9H,1-2H3,(H,14,16). The molecule has 0 aliphatic rings. The van der Waals surface area contributed by atoms with Gasteiger partial charge in [0.25, 0.3) is 5.91 Å². The number of amides is 1. The highest BCUT2D eigenvalue weighted by Crippen LogP contribution is 2.18. The molecule has 0 saturated carbocycles. The van der Waals surface area contributed by atoms with Crippen molar-refractivity contribution in [3.05, 3.63) is 46.7 Å². The molecule has 106 valence electrons. The molecular formula is C13H14N2O3S2. The van der Waals surface area contributed by atoms with E-state index in [0.29, 0.717) is 10.6 Å². The van der Waals surface area contributed by atoms with Crippen molar-refractivity contribution in [2.75, 3.05) is 19.4 Å². The van der Waals surface area contributed by atoms with Crippen molar-refractivity contribution in [2.24, 2.45) is 0 Å². The van der Waals surface area contributed by atoms with E-state index in [4.69, 9.17) is 0 Å². The first-order chi connectivity index (χ1) is 9.41. The average molecular weight is 310 g/mol. The van der Waals surface area contributed by atoms with Gasteiger partial charge in [-0.15, -0.1) is 11.3 Å². The molecule has 0 aliphatic heterocycles. The summed E-state index contributed by atoms with van der Waals surface area (Å²) >= 11 is 1.35. The normalized spacial score (nSPS) is 11.6. The van der Waals surface area contributed by atoms with Crippen LogP contribution < -0.4 is 5.32 Å². The smallest absolute Gasteiger partial charge is 0.265 e. The molecule has 20 heavy (non-hydrogen) atoms. The molecule has 0 aliphatic carbocycles. The quantitative estimate of drug-likeness (QED) is 0.942. The van der Waals surface area contributed by atoms with Crippen LogP contribution >= 0.6 is 11.3 Å². The molecule has 7 heteroatoms. The maximum atomic E-state index is 11.9. The van der Waals surface area contributed by atoms with Crippen LogP contribution in [0.15, 0.2) is 46.7 Å². The molecule has 2 aromatic rings. The largest absolute Gasteiger partial charge is 0.321 e. The average Bonchev–Trinajstić information content (AvgIpc) is 2.93. The lowest BCUT2D eigenvalue weighted by molar-refractivity contribution is 0.103. The predicted molar refractivity (Wildman–Crippen MR) is 79.6 cm³/mol. The van der Waals surface area contributed by atoms with Crippen LogP contribution in [0.1, 0.15) is 9.67 Å². The Kier molecular flexibility index (Phi) is 4.22. The van der Waals surface area contributed by atoms with Gasteiger partial charge in [0.1, 0.15) is 0 Å². The SMILES string of the molecule is CN(C)S(=O)(=O)c1ccc(NC(=O)c2cccs2)cc1. The molecule has 1 aromatic carbocycles. The summed E-state index contributed by atoms with van der Waals surface area (Å²) in [5, 5.41) is 4.54. The van der Waals surface area contributed by atoms with Gasteiger partial charge in [-0.3, -0.25) is 4.79 Å². The summed E-state index contributed by atoms with van der Waals surface area (Å²) in [5.41, 5.74) is 0.557. The van der Waals surface area contributed by atoms with Crippen LogP contribution in [0, 0.1) is 0 Å². The molecule has 0 radical (unpaired) electrons. The van der Waals surface area contributed by atoms with E-state index in [9.17, 15) is 13.2 Å². The molecule has 2 rings (SSSR count). The van der Waals surface area contributed by atoms with Crippen LogP contribution in [0.4, 0.5) is 5.69 Å². The summed E-state index contributed by atoms with van der Waals surface area (Å²) in [6.07, 6.45) is 0. The molecule has 5 nitrogen and oxygen atoms in total. The van der Waals surface area contributed by atoms with Crippen molar-refractivity contribution in [3.63, 3.8) is 0 Å². The summed E-state index contributed by atoms with van der Waals surface area (Å²) < 4.78 is 24.9. The summed E-state index contributed by atoms with van der Waals surface area (Å²) in [6, 6.07) is 9.61. The fourth-order valence-electron chi connectivity index (χ4n) is 1.52. The Hall–Kier alpha value is -1.70. The number of nitrogens with zero attached hydrogens (tertiary/aromatic N) is 1. The fraction of sp³-hybridized carbons (Fsp3) is 0.154. The summed E-state index contributed by atoms with van der Waals surface area (Å²) in [6.45, 7) is 0. The van der Waals surface area contributed by atoms with Crippen LogP contribution in [-0.4, -0.2) is 32.7 Å². The first kappa shape index (κ1) is 14.7. The number of anilines is 1.